The number of amides is 2. The summed E-state index contributed by atoms with van der Waals surface area (Å²) in [6.07, 6.45) is -1.05. The molecule has 0 aliphatic carbocycles. The minimum atomic E-state index is -2.58. The molecule has 0 bridgehead atoms. The highest BCUT2D eigenvalue weighted by Crippen LogP contribution is 2.26. The van der Waals surface area contributed by atoms with E-state index in [9.17, 15) is 18.4 Å². The lowest BCUT2D eigenvalue weighted by atomic mass is 10.1. The quantitative estimate of drug-likeness (QED) is 0.607. The van der Waals surface area contributed by atoms with Gasteiger partial charge in [-0.3, -0.25) is 14.6 Å². The van der Waals surface area contributed by atoms with Crippen molar-refractivity contribution in [2.75, 3.05) is 13.1 Å². The Bertz CT molecular complexity index is 1140. The number of hydrogen-bond acceptors (Lipinski definition) is 5. The van der Waals surface area contributed by atoms with Crippen molar-refractivity contribution in [1.82, 2.24) is 20.2 Å². The topological polar surface area (TPSA) is 84.4 Å². The van der Waals surface area contributed by atoms with Gasteiger partial charge in [0.1, 0.15) is 5.75 Å². The van der Waals surface area contributed by atoms with E-state index in [1.165, 1.54) is 12.1 Å². The van der Waals surface area contributed by atoms with Crippen molar-refractivity contribution < 1.29 is 23.1 Å². The highest BCUT2D eigenvalue weighted by atomic mass is 19.3. The van der Waals surface area contributed by atoms with Crippen LogP contribution in [0.15, 0.2) is 48.7 Å². The molecule has 1 aromatic carbocycles. The van der Waals surface area contributed by atoms with Crippen LogP contribution in [0.5, 0.6) is 11.6 Å². The standard InChI is InChI=1S/C23H22F2N4O3/c1-2-29-13-17(11-22(29)31)28-20(30)10-16-5-3-14-9-18(6-7-19(14)27-16)32-21-8-4-15(12-26-21)23(24)25/h3-9,12,17,23H,2,10-11,13H2,1H3,(H,28,30). The van der Waals surface area contributed by atoms with Crippen molar-refractivity contribution in [3.05, 3.63) is 59.9 Å². The second-order valence-corrected chi connectivity index (χ2v) is 7.57. The van der Waals surface area contributed by atoms with Gasteiger partial charge in [-0.05, 0) is 37.3 Å². The smallest absolute Gasteiger partial charge is 0.265 e. The predicted molar refractivity (Wildman–Crippen MR) is 114 cm³/mol. The zero-order valence-electron chi connectivity index (χ0n) is 17.4. The van der Waals surface area contributed by atoms with Crippen LogP contribution in [0.3, 0.4) is 0 Å². The normalized spacial score (nSPS) is 16.1. The number of halogens is 2. The monoisotopic (exact) mass is 440 g/mol. The van der Waals surface area contributed by atoms with Crippen LogP contribution in [0.2, 0.25) is 0 Å². The van der Waals surface area contributed by atoms with Gasteiger partial charge in [0.25, 0.3) is 6.43 Å². The Kier molecular flexibility index (Phi) is 6.25. The second-order valence-electron chi connectivity index (χ2n) is 7.57. The lowest BCUT2D eigenvalue weighted by Crippen LogP contribution is -2.38. The first-order valence-electron chi connectivity index (χ1n) is 10.3. The number of carbonyl (C=O) groups excluding carboxylic acids is 2. The number of carbonyl (C=O) groups is 2. The number of nitrogens with zero attached hydrogens (tertiary/aromatic N) is 3. The molecule has 2 aromatic heterocycles. The number of benzene rings is 1. The molecule has 1 atom stereocenters. The van der Waals surface area contributed by atoms with Gasteiger partial charge in [-0.2, -0.15) is 0 Å². The van der Waals surface area contributed by atoms with Gasteiger partial charge in [-0.25, -0.2) is 13.8 Å². The first-order valence-corrected chi connectivity index (χ1v) is 10.3. The van der Waals surface area contributed by atoms with Crippen LogP contribution in [-0.4, -0.2) is 45.8 Å². The first kappa shape index (κ1) is 21.6. The fraction of sp³-hybridized carbons (Fsp3) is 0.304. The van der Waals surface area contributed by atoms with Crippen molar-refractivity contribution in [2.24, 2.45) is 0 Å². The van der Waals surface area contributed by atoms with Crippen molar-refractivity contribution >= 4 is 22.7 Å². The molecule has 1 fully saturated rings. The molecule has 1 aliphatic rings. The van der Waals surface area contributed by atoms with Gasteiger partial charge >= 0.3 is 0 Å². The third kappa shape index (κ3) is 4.99. The molecule has 0 saturated carbocycles. The zero-order chi connectivity index (χ0) is 22.7. The number of fused-ring (bicyclic) bond motifs is 1. The summed E-state index contributed by atoms with van der Waals surface area (Å²) in [5.41, 5.74) is 1.14. The van der Waals surface area contributed by atoms with Crippen molar-refractivity contribution in [3.63, 3.8) is 0 Å². The number of likely N-dealkylation sites (tertiary alicyclic amines) is 1. The van der Waals surface area contributed by atoms with E-state index >= 15 is 0 Å². The summed E-state index contributed by atoms with van der Waals surface area (Å²) >= 11 is 0. The maximum Gasteiger partial charge on any atom is 0.265 e. The summed E-state index contributed by atoms with van der Waals surface area (Å²) in [6.45, 7) is 3.09. The van der Waals surface area contributed by atoms with Gasteiger partial charge < -0.3 is 15.0 Å². The van der Waals surface area contributed by atoms with Gasteiger partial charge in [0, 0.05) is 42.7 Å². The molecule has 0 spiro atoms. The van der Waals surface area contributed by atoms with Gasteiger partial charge in [-0.15, -0.1) is 0 Å². The Morgan fingerprint density at radius 3 is 2.78 bits per heavy atom. The second kappa shape index (κ2) is 9.25. The van der Waals surface area contributed by atoms with E-state index in [0.29, 0.717) is 36.5 Å². The van der Waals surface area contributed by atoms with Crippen LogP contribution >= 0.6 is 0 Å². The zero-order valence-corrected chi connectivity index (χ0v) is 17.4. The third-order valence-electron chi connectivity index (χ3n) is 5.25. The number of ether oxygens (including phenoxy) is 1. The Hall–Kier alpha value is -3.62. The lowest BCUT2D eigenvalue weighted by molar-refractivity contribution is -0.127. The molecule has 1 saturated heterocycles. The van der Waals surface area contributed by atoms with Crippen molar-refractivity contribution in [2.45, 2.75) is 32.2 Å². The number of nitrogens with one attached hydrogen (secondary N) is 1. The number of pyridine rings is 2. The van der Waals surface area contributed by atoms with Gasteiger partial charge in [-0.1, -0.05) is 6.07 Å². The molecule has 1 aliphatic heterocycles. The third-order valence-corrected chi connectivity index (χ3v) is 5.25. The fourth-order valence-electron chi connectivity index (χ4n) is 3.63. The van der Waals surface area contributed by atoms with Gasteiger partial charge in [0.05, 0.1) is 23.7 Å². The maximum absolute atomic E-state index is 12.6. The van der Waals surface area contributed by atoms with E-state index < -0.39 is 6.43 Å². The summed E-state index contributed by atoms with van der Waals surface area (Å²) in [5.74, 6) is 0.584. The number of likely N-dealkylation sites (N-methyl/N-ethyl adjacent to an activating group) is 1. The summed E-state index contributed by atoms with van der Waals surface area (Å²) < 4.78 is 30.9. The number of hydrogen-bond donors (Lipinski definition) is 1. The number of rotatable bonds is 7. The largest absolute Gasteiger partial charge is 0.439 e. The Morgan fingerprint density at radius 2 is 2.09 bits per heavy atom. The highest BCUT2D eigenvalue weighted by Gasteiger charge is 2.29. The van der Waals surface area contributed by atoms with Gasteiger partial charge in [0.2, 0.25) is 17.7 Å². The molecule has 9 heteroatoms. The van der Waals surface area contributed by atoms with Crippen LogP contribution in [0.1, 0.15) is 31.0 Å². The first-order chi connectivity index (χ1) is 15.4. The molecular weight excluding hydrogens is 418 g/mol. The molecule has 7 nitrogen and oxygen atoms in total. The van der Waals surface area contributed by atoms with E-state index in [1.807, 2.05) is 13.0 Å². The number of aromatic nitrogens is 2. The summed E-state index contributed by atoms with van der Waals surface area (Å²) in [6, 6.07) is 11.3. The molecule has 32 heavy (non-hydrogen) atoms. The van der Waals surface area contributed by atoms with E-state index in [-0.39, 0.29) is 35.7 Å². The SMILES string of the molecule is CCN1CC(NC(=O)Cc2ccc3cc(Oc4ccc(C(F)F)cn4)ccc3n2)CC1=O. The molecule has 4 rings (SSSR count). The minimum Gasteiger partial charge on any atom is -0.439 e. The van der Waals surface area contributed by atoms with Crippen LogP contribution in [0.4, 0.5) is 8.78 Å². The Morgan fingerprint density at radius 1 is 1.25 bits per heavy atom. The molecule has 166 valence electrons. The molecule has 2 amide bonds. The molecular formula is C23H22F2N4O3. The summed E-state index contributed by atoms with van der Waals surface area (Å²) in [7, 11) is 0. The lowest BCUT2D eigenvalue weighted by Gasteiger charge is -2.14. The fourth-order valence-corrected chi connectivity index (χ4v) is 3.63. The molecule has 3 aromatic rings. The predicted octanol–water partition coefficient (Wildman–Crippen LogP) is 3.64. The van der Waals surface area contributed by atoms with Crippen molar-refractivity contribution in [3.8, 4) is 11.6 Å². The molecule has 1 N–H and O–H groups in total. The van der Waals surface area contributed by atoms with Crippen LogP contribution in [-0.2, 0) is 16.0 Å². The Balaban J connectivity index is 1.39. The van der Waals surface area contributed by atoms with Crippen molar-refractivity contribution in [1.29, 1.82) is 0 Å². The minimum absolute atomic E-state index is 0.0554. The van der Waals surface area contributed by atoms with E-state index in [0.717, 1.165) is 11.6 Å². The summed E-state index contributed by atoms with van der Waals surface area (Å²) in [5, 5.41) is 3.70. The average Bonchev–Trinajstić information content (AvgIpc) is 3.13. The van der Waals surface area contributed by atoms with Gasteiger partial charge in [0.15, 0.2) is 0 Å². The average molecular weight is 440 g/mol. The van der Waals surface area contributed by atoms with E-state index in [1.54, 1.807) is 29.2 Å². The highest BCUT2D eigenvalue weighted by molar-refractivity contribution is 5.84. The summed E-state index contributed by atoms with van der Waals surface area (Å²) in [4.78, 5) is 34.3. The number of alkyl halides is 2. The maximum atomic E-state index is 12.6. The van der Waals surface area contributed by atoms with Crippen LogP contribution < -0.4 is 10.1 Å². The van der Waals surface area contributed by atoms with E-state index in [2.05, 4.69) is 15.3 Å². The van der Waals surface area contributed by atoms with E-state index in [4.69, 9.17) is 4.74 Å². The molecule has 3 heterocycles. The Labute approximate surface area is 183 Å². The molecule has 1 unspecified atom stereocenters. The van der Waals surface area contributed by atoms with Crippen LogP contribution in [0, 0.1) is 0 Å². The van der Waals surface area contributed by atoms with Crippen LogP contribution in [0.25, 0.3) is 10.9 Å². The molecule has 0 radical (unpaired) electrons.